The molecule has 1 saturated heterocycles. The number of hydrogen-bond acceptors (Lipinski definition) is 2. The SMILES string of the molecule is C[C@@H]([C]=O)N(C(=O)N1CCCC1)c1ccc(Cl)cc1. The Kier molecular flexibility index (Phi) is 4.43. The van der Waals surface area contributed by atoms with Gasteiger partial charge in [-0.2, -0.15) is 0 Å². The minimum absolute atomic E-state index is 0.143. The summed E-state index contributed by atoms with van der Waals surface area (Å²) in [5.74, 6) is 0. The second-order valence-corrected chi connectivity index (χ2v) is 5.05. The van der Waals surface area contributed by atoms with E-state index in [1.54, 1.807) is 36.1 Å². The molecule has 19 heavy (non-hydrogen) atoms. The van der Waals surface area contributed by atoms with Crippen LogP contribution in [-0.4, -0.2) is 36.3 Å². The summed E-state index contributed by atoms with van der Waals surface area (Å²) < 4.78 is 0. The van der Waals surface area contributed by atoms with Crippen molar-refractivity contribution in [2.45, 2.75) is 25.8 Å². The summed E-state index contributed by atoms with van der Waals surface area (Å²) in [5, 5.41) is 0.597. The van der Waals surface area contributed by atoms with Gasteiger partial charge >= 0.3 is 6.03 Å². The van der Waals surface area contributed by atoms with Crippen molar-refractivity contribution >= 4 is 29.6 Å². The summed E-state index contributed by atoms with van der Waals surface area (Å²) in [6.07, 6.45) is 3.90. The number of anilines is 1. The lowest BCUT2D eigenvalue weighted by atomic mass is 10.2. The zero-order chi connectivity index (χ0) is 13.8. The highest BCUT2D eigenvalue weighted by molar-refractivity contribution is 6.30. The molecular weight excluding hydrogens is 264 g/mol. The molecule has 1 heterocycles. The molecule has 1 aromatic rings. The first-order valence-corrected chi connectivity index (χ1v) is 6.72. The molecule has 5 heteroatoms. The molecule has 0 aliphatic carbocycles. The Bertz CT molecular complexity index is 455. The molecule has 0 aromatic heterocycles. The fraction of sp³-hybridized carbons (Fsp3) is 0.429. The van der Waals surface area contributed by atoms with Crippen molar-refractivity contribution in [3.8, 4) is 0 Å². The number of nitrogens with zero attached hydrogens (tertiary/aromatic N) is 2. The van der Waals surface area contributed by atoms with E-state index in [1.165, 1.54) is 4.90 Å². The minimum atomic E-state index is -0.616. The van der Waals surface area contributed by atoms with Gasteiger partial charge in [-0.15, -0.1) is 0 Å². The van der Waals surface area contributed by atoms with E-state index in [2.05, 4.69) is 0 Å². The van der Waals surface area contributed by atoms with Crippen molar-refractivity contribution in [1.29, 1.82) is 0 Å². The van der Waals surface area contributed by atoms with Crippen molar-refractivity contribution in [1.82, 2.24) is 4.90 Å². The van der Waals surface area contributed by atoms with Crippen molar-refractivity contribution in [3.05, 3.63) is 29.3 Å². The number of carbonyl (C=O) groups excluding carboxylic acids is 2. The molecule has 1 aromatic carbocycles. The van der Waals surface area contributed by atoms with E-state index in [9.17, 15) is 9.59 Å². The monoisotopic (exact) mass is 279 g/mol. The minimum Gasteiger partial charge on any atom is -0.324 e. The van der Waals surface area contributed by atoms with Crippen LogP contribution in [0.25, 0.3) is 0 Å². The standard InChI is InChI=1S/C14H16ClN2O2/c1-11(10-18)17(13-6-4-12(15)5-7-13)14(19)16-8-2-3-9-16/h4-7,11H,2-3,8-9H2,1H3/t11-/m0/s1. The molecule has 1 aliphatic heterocycles. The number of likely N-dealkylation sites (tertiary alicyclic amines) is 1. The zero-order valence-electron chi connectivity index (χ0n) is 10.8. The molecule has 4 nitrogen and oxygen atoms in total. The van der Waals surface area contributed by atoms with Gasteiger partial charge in [0, 0.05) is 23.8 Å². The van der Waals surface area contributed by atoms with Crippen LogP contribution < -0.4 is 4.90 Å². The summed E-state index contributed by atoms with van der Waals surface area (Å²) in [5.41, 5.74) is 0.664. The van der Waals surface area contributed by atoms with Gasteiger partial charge in [0.25, 0.3) is 0 Å². The number of benzene rings is 1. The third kappa shape index (κ3) is 3.07. The quantitative estimate of drug-likeness (QED) is 0.854. The van der Waals surface area contributed by atoms with Gasteiger partial charge in [0.15, 0.2) is 0 Å². The van der Waals surface area contributed by atoms with Crippen LogP contribution in [0.1, 0.15) is 19.8 Å². The van der Waals surface area contributed by atoms with E-state index in [0.717, 1.165) is 25.9 Å². The summed E-state index contributed by atoms with van der Waals surface area (Å²) in [7, 11) is 0. The Morgan fingerprint density at radius 3 is 2.42 bits per heavy atom. The molecule has 2 rings (SSSR count). The van der Waals surface area contributed by atoms with Crippen molar-refractivity contribution in [2.24, 2.45) is 0 Å². The molecule has 0 bridgehead atoms. The van der Waals surface area contributed by atoms with Gasteiger partial charge in [0.05, 0.1) is 0 Å². The van der Waals surface area contributed by atoms with Crippen molar-refractivity contribution in [3.63, 3.8) is 0 Å². The summed E-state index contributed by atoms with van der Waals surface area (Å²) in [6, 6.07) is 6.14. The predicted octanol–water partition coefficient (Wildman–Crippen LogP) is 2.86. The average Bonchev–Trinajstić information content (AvgIpc) is 2.95. The Balaban J connectivity index is 2.27. The smallest absolute Gasteiger partial charge is 0.324 e. The number of carbonyl (C=O) groups is 1. The molecule has 1 radical (unpaired) electrons. The van der Waals surface area contributed by atoms with Crippen LogP contribution in [0.5, 0.6) is 0 Å². The number of halogens is 1. The van der Waals surface area contributed by atoms with E-state index >= 15 is 0 Å². The Morgan fingerprint density at radius 1 is 1.32 bits per heavy atom. The van der Waals surface area contributed by atoms with Gasteiger partial charge in [-0.25, -0.2) is 4.79 Å². The second-order valence-electron chi connectivity index (χ2n) is 4.62. The average molecular weight is 280 g/mol. The number of amides is 2. The van der Waals surface area contributed by atoms with E-state index in [1.807, 2.05) is 6.29 Å². The normalized spacial score (nSPS) is 16.2. The number of hydrogen-bond donors (Lipinski definition) is 0. The number of urea groups is 1. The topological polar surface area (TPSA) is 40.6 Å². The van der Waals surface area contributed by atoms with E-state index < -0.39 is 6.04 Å². The van der Waals surface area contributed by atoms with Gasteiger partial charge < -0.3 is 4.90 Å². The van der Waals surface area contributed by atoms with Crippen LogP contribution >= 0.6 is 11.6 Å². The molecule has 2 amide bonds. The molecular formula is C14H16ClN2O2. The van der Waals surface area contributed by atoms with Crippen molar-refractivity contribution in [2.75, 3.05) is 18.0 Å². The highest BCUT2D eigenvalue weighted by atomic mass is 35.5. The fourth-order valence-electron chi connectivity index (χ4n) is 2.21. The van der Waals surface area contributed by atoms with Crippen LogP contribution in [0.4, 0.5) is 10.5 Å². The second kappa shape index (κ2) is 6.06. The molecule has 1 fully saturated rings. The van der Waals surface area contributed by atoms with Crippen LogP contribution in [-0.2, 0) is 4.79 Å². The largest absolute Gasteiger partial charge is 0.325 e. The first-order valence-electron chi connectivity index (χ1n) is 6.35. The Hall–Kier alpha value is -1.55. The summed E-state index contributed by atoms with van der Waals surface area (Å²) >= 11 is 5.85. The Labute approximate surface area is 117 Å². The maximum Gasteiger partial charge on any atom is 0.325 e. The van der Waals surface area contributed by atoms with Crippen LogP contribution in [0.2, 0.25) is 5.02 Å². The lowest BCUT2D eigenvalue weighted by molar-refractivity contribution is 0.214. The fourth-order valence-corrected chi connectivity index (χ4v) is 2.34. The first kappa shape index (κ1) is 13.9. The van der Waals surface area contributed by atoms with E-state index in [0.29, 0.717) is 10.7 Å². The van der Waals surface area contributed by atoms with Gasteiger partial charge in [0.1, 0.15) is 6.04 Å². The van der Waals surface area contributed by atoms with E-state index in [-0.39, 0.29) is 6.03 Å². The van der Waals surface area contributed by atoms with Crippen LogP contribution in [0.15, 0.2) is 24.3 Å². The van der Waals surface area contributed by atoms with Gasteiger partial charge in [-0.1, -0.05) is 11.6 Å². The van der Waals surface area contributed by atoms with Gasteiger partial charge in [-0.3, -0.25) is 9.69 Å². The lowest BCUT2D eigenvalue weighted by Crippen LogP contribution is -2.47. The zero-order valence-corrected chi connectivity index (χ0v) is 11.6. The summed E-state index contributed by atoms with van der Waals surface area (Å²) in [4.78, 5) is 26.6. The molecule has 101 valence electrons. The molecule has 0 unspecified atom stereocenters. The molecule has 1 atom stereocenters. The molecule has 1 aliphatic rings. The lowest BCUT2D eigenvalue weighted by Gasteiger charge is -2.30. The van der Waals surface area contributed by atoms with E-state index in [4.69, 9.17) is 11.6 Å². The first-order chi connectivity index (χ1) is 9.13. The Morgan fingerprint density at radius 2 is 1.89 bits per heavy atom. The molecule has 0 spiro atoms. The maximum absolute atomic E-state index is 12.5. The van der Waals surface area contributed by atoms with Crippen LogP contribution in [0.3, 0.4) is 0 Å². The third-order valence-corrected chi connectivity index (χ3v) is 3.50. The van der Waals surface area contributed by atoms with Gasteiger partial charge in [-0.05, 0) is 44.0 Å². The highest BCUT2D eigenvalue weighted by Gasteiger charge is 2.28. The number of rotatable bonds is 3. The molecule has 0 N–H and O–H groups in total. The maximum atomic E-state index is 12.5. The highest BCUT2D eigenvalue weighted by Crippen LogP contribution is 2.22. The predicted molar refractivity (Wildman–Crippen MR) is 75.3 cm³/mol. The molecule has 0 saturated carbocycles. The third-order valence-electron chi connectivity index (χ3n) is 3.25. The van der Waals surface area contributed by atoms with Gasteiger partial charge in [0.2, 0.25) is 6.29 Å². The summed E-state index contributed by atoms with van der Waals surface area (Å²) in [6.45, 7) is 3.15. The van der Waals surface area contributed by atoms with Crippen molar-refractivity contribution < 1.29 is 9.59 Å². The van der Waals surface area contributed by atoms with Crippen LogP contribution in [0, 0.1) is 0 Å².